The van der Waals surface area contributed by atoms with Gasteiger partial charge >= 0.3 is 0 Å². The summed E-state index contributed by atoms with van der Waals surface area (Å²) in [5, 5.41) is 1.13. The summed E-state index contributed by atoms with van der Waals surface area (Å²) in [4.78, 5) is 34.2. The molecule has 0 bridgehead atoms. The number of methoxy groups -OCH3 is 1. The summed E-state index contributed by atoms with van der Waals surface area (Å²) in [6, 6.07) is 15.2. The van der Waals surface area contributed by atoms with Crippen molar-refractivity contribution in [1.82, 2.24) is 14.8 Å². The van der Waals surface area contributed by atoms with Gasteiger partial charge in [0.05, 0.1) is 19.7 Å². The van der Waals surface area contributed by atoms with E-state index < -0.39 is 6.04 Å². The molecule has 3 aromatic rings. The third-order valence-electron chi connectivity index (χ3n) is 6.75. The molecule has 0 saturated carbocycles. The number of hydrogen-bond donors (Lipinski definition) is 1. The number of carbonyl (C=O) groups excluding carboxylic acids is 2. The first kappa shape index (κ1) is 20.6. The molecule has 1 N–H and O–H groups in total. The molecular formula is C26H29N3O3. The second kappa shape index (κ2) is 8.01. The number of benzene rings is 2. The van der Waals surface area contributed by atoms with E-state index >= 15 is 0 Å². The molecule has 0 unspecified atom stereocenters. The van der Waals surface area contributed by atoms with E-state index in [1.54, 1.807) is 12.0 Å². The van der Waals surface area contributed by atoms with E-state index in [2.05, 4.69) is 31.0 Å². The molecule has 2 aliphatic rings. The fraction of sp³-hybridized carbons (Fsp3) is 0.385. The molecule has 0 spiro atoms. The molecule has 32 heavy (non-hydrogen) atoms. The van der Waals surface area contributed by atoms with Crippen molar-refractivity contribution in [3.8, 4) is 5.75 Å². The number of para-hydroxylation sites is 1. The molecule has 3 heterocycles. The summed E-state index contributed by atoms with van der Waals surface area (Å²) in [7, 11) is 1.64. The zero-order valence-corrected chi connectivity index (χ0v) is 18.8. The number of carbonyl (C=O) groups is 2. The van der Waals surface area contributed by atoms with Gasteiger partial charge < -0.3 is 19.5 Å². The van der Waals surface area contributed by atoms with E-state index in [4.69, 9.17) is 4.74 Å². The highest BCUT2D eigenvalue weighted by Gasteiger charge is 2.48. The van der Waals surface area contributed by atoms with Crippen LogP contribution in [0.1, 0.15) is 43.1 Å². The van der Waals surface area contributed by atoms with Gasteiger partial charge in [-0.05, 0) is 41.7 Å². The summed E-state index contributed by atoms with van der Waals surface area (Å²) in [5.74, 6) is 1.30. The molecule has 166 valence electrons. The van der Waals surface area contributed by atoms with Crippen LogP contribution >= 0.6 is 0 Å². The Labute approximate surface area is 188 Å². The van der Waals surface area contributed by atoms with Gasteiger partial charge in [-0.3, -0.25) is 9.59 Å². The van der Waals surface area contributed by atoms with Gasteiger partial charge in [-0.25, -0.2) is 0 Å². The highest BCUT2D eigenvalue weighted by Crippen LogP contribution is 2.42. The number of hydrogen-bond acceptors (Lipinski definition) is 3. The van der Waals surface area contributed by atoms with Crippen LogP contribution in [-0.4, -0.2) is 52.8 Å². The molecule has 2 atom stereocenters. The van der Waals surface area contributed by atoms with Crippen molar-refractivity contribution in [2.45, 2.75) is 38.8 Å². The number of nitrogens with zero attached hydrogens (tertiary/aromatic N) is 2. The number of aromatic amines is 1. The Hall–Kier alpha value is -3.28. The Balaban J connectivity index is 1.62. The van der Waals surface area contributed by atoms with E-state index in [-0.39, 0.29) is 24.4 Å². The van der Waals surface area contributed by atoms with Gasteiger partial charge in [-0.1, -0.05) is 44.2 Å². The van der Waals surface area contributed by atoms with Gasteiger partial charge in [0, 0.05) is 29.6 Å². The number of H-pyrrole nitrogens is 1. The van der Waals surface area contributed by atoms with Gasteiger partial charge in [0.25, 0.3) is 0 Å². The lowest BCUT2D eigenvalue weighted by Gasteiger charge is -2.47. The Morgan fingerprint density at radius 1 is 1.09 bits per heavy atom. The molecule has 2 aliphatic heterocycles. The first-order valence-electron chi connectivity index (χ1n) is 11.3. The summed E-state index contributed by atoms with van der Waals surface area (Å²) >= 11 is 0. The predicted octanol–water partition coefficient (Wildman–Crippen LogP) is 3.91. The Morgan fingerprint density at radius 3 is 2.56 bits per heavy atom. The smallest absolute Gasteiger partial charge is 0.246 e. The van der Waals surface area contributed by atoms with E-state index in [0.29, 0.717) is 18.9 Å². The SMILES string of the molecule is COc1ccc([C@H]2c3[nH]c4ccccc4c3C[C@H]3C(=O)N(CCC(C)C)CC(=O)N23)cc1. The molecule has 1 aromatic heterocycles. The van der Waals surface area contributed by atoms with Crippen molar-refractivity contribution in [3.05, 3.63) is 65.4 Å². The van der Waals surface area contributed by atoms with Crippen LogP contribution in [0.2, 0.25) is 0 Å². The van der Waals surface area contributed by atoms with E-state index in [1.807, 2.05) is 41.3 Å². The quantitative estimate of drug-likeness (QED) is 0.666. The lowest BCUT2D eigenvalue weighted by Crippen LogP contribution is -2.63. The second-order valence-electron chi connectivity index (χ2n) is 9.20. The monoisotopic (exact) mass is 431 g/mol. The molecule has 2 aromatic carbocycles. The summed E-state index contributed by atoms with van der Waals surface area (Å²) in [6.45, 7) is 5.05. The molecule has 1 saturated heterocycles. The van der Waals surface area contributed by atoms with Crippen LogP contribution in [0.5, 0.6) is 5.75 Å². The van der Waals surface area contributed by atoms with Crippen molar-refractivity contribution in [2.24, 2.45) is 5.92 Å². The van der Waals surface area contributed by atoms with Crippen LogP contribution in [0.3, 0.4) is 0 Å². The van der Waals surface area contributed by atoms with Gasteiger partial charge in [0.1, 0.15) is 11.8 Å². The Kier molecular flexibility index (Phi) is 5.16. The first-order valence-corrected chi connectivity index (χ1v) is 11.3. The number of nitrogens with one attached hydrogen (secondary N) is 1. The lowest BCUT2D eigenvalue weighted by molar-refractivity contribution is -0.158. The Morgan fingerprint density at radius 2 is 1.84 bits per heavy atom. The molecule has 6 heteroatoms. The normalized spacial score (nSPS) is 20.6. The van der Waals surface area contributed by atoms with Crippen LogP contribution in [0.4, 0.5) is 0 Å². The van der Waals surface area contributed by atoms with Gasteiger partial charge in [0.15, 0.2) is 0 Å². The fourth-order valence-corrected chi connectivity index (χ4v) is 5.06. The van der Waals surface area contributed by atoms with Crippen LogP contribution < -0.4 is 4.74 Å². The number of piperazine rings is 1. The third kappa shape index (κ3) is 3.34. The molecule has 6 nitrogen and oxygen atoms in total. The maximum atomic E-state index is 13.6. The lowest BCUT2D eigenvalue weighted by atomic mass is 9.86. The fourth-order valence-electron chi connectivity index (χ4n) is 5.06. The van der Waals surface area contributed by atoms with E-state index in [1.165, 1.54) is 0 Å². The van der Waals surface area contributed by atoms with Gasteiger partial charge in [-0.15, -0.1) is 0 Å². The minimum atomic E-state index is -0.484. The Bertz CT molecular complexity index is 1160. The highest BCUT2D eigenvalue weighted by atomic mass is 16.5. The van der Waals surface area contributed by atoms with Crippen LogP contribution in [-0.2, 0) is 16.0 Å². The largest absolute Gasteiger partial charge is 0.497 e. The van der Waals surface area contributed by atoms with Crippen LogP contribution in [0, 0.1) is 5.92 Å². The van der Waals surface area contributed by atoms with Gasteiger partial charge in [0.2, 0.25) is 11.8 Å². The average Bonchev–Trinajstić information content (AvgIpc) is 3.17. The molecule has 5 rings (SSSR count). The zero-order chi connectivity index (χ0) is 22.4. The molecule has 2 amide bonds. The summed E-state index contributed by atoms with van der Waals surface area (Å²) < 4.78 is 5.33. The summed E-state index contributed by atoms with van der Waals surface area (Å²) in [6.07, 6.45) is 1.43. The minimum absolute atomic E-state index is 0.00322. The molecule has 0 aliphatic carbocycles. The topological polar surface area (TPSA) is 65.6 Å². The highest BCUT2D eigenvalue weighted by molar-refractivity contribution is 5.97. The zero-order valence-electron chi connectivity index (χ0n) is 18.8. The second-order valence-corrected chi connectivity index (χ2v) is 9.20. The van der Waals surface area contributed by atoms with Crippen LogP contribution in [0.15, 0.2) is 48.5 Å². The van der Waals surface area contributed by atoms with Crippen molar-refractivity contribution < 1.29 is 14.3 Å². The third-order valence-corrected chi connectivity index (χ3v) is 6.75. The molecule has 0 radical (unpaired) electrons. The van der Waals surface area contributed by atoms with Crippen molar-refractivity contribution in [1.29, 1.82) is 0 Å². The standard InChI is InChI=1S/C26H29N3O3/c1-16(2)12-13-28-15-23(30)29-22(26(28)31)14-20-19-6-4-5-7-21(19)27-24(20)25(29)17-8-10-18(32-3)11-9-17/h4-11,16,22,25,27H,12-15H2,1-3H3/t22-,25-/m0/s1. The predicted molar refractivity (Wildman–Crippen MR) is 124 cm³/mol. The van der Waals surface area contributed by atoms with E-state index in [0.717, 1.165) is 39.9 Å². The van der Waals surface area contributed by atoms with Gasteiger partial charge in [-0.2, -0.15) is 0 Å². The number of ether oxygens (including phenoxy) is 1. The van der Waals surface area contributed by atoms with Crippen molar-refractivity contribution in [3.63, 3.8) is 0 Å². The maximum absolute atomic E-state index is 13.6. The van der Waals surface area contributed by atoms with E-state index in [9.17, 15) is 9.59 Å². The number of aromatic nitrogens is 1. The number of amides is 2. The first-order chi connectivity index (χ1) is 15.5. The van der Waals surface area contributed by atoms with Crippen LogP contribution in [0.25, 0.3) is 10.9 Å². The minimum Gasteiger partial charge on any atom is -0.497 e. The number of rotatable bonds is 5. The maximum Gasteiger partial charge on any atom is 0.246 e. The summed E-state index contributed by atoms with van der Waals surface area (Å²) in [5.41, 5.74) is 4.14. The van der Waals surface area contributed by atoms with Crippen molar-refractivity contribution in [2.75, 3.05) is 20.2 Å². The average molecular weight is 432 g/mol. The number of fused-ring (bicyclic) bond motifs is 4. The van der Waals surface area contributed by atoms with Crippen molar-refractivity contribution >= 4 is 22.7 Å². The molecule has 1 fully saturated rings. The molecular weight excluding hydrogens is 402 g/mol.